The summed E-state index contributed by atoms with van der Waals surface area (Å²) in [6.07, 6.45) is 0.799. The molecule has 0 heterocycles. The highest BCUT2D eigenvalue weighted by Crippen LogP contribution is 2.22. The van der Waals surface area contributed by atoms with E-state index in [1.807, 2.05) is 19.1 Å². The SMILES string of the molecule is CCc1cccc(OC)c1C(=O)NN(C)C. The van der Waals surface area contributed by atoms with Crippen molar-refractivity contribution in [1.82, 2.24) is 10.4 Å². The van der Waals surface area contributed by atoms with Gasteiger partial charge in [-0.15, -0.1) is 0 Å². The fourth-order valence-corrected chi connectivity index (χ4v) is 1.56. The third kappa shape index (κ3) is 2.73. The van der Waals surface area contributed by atoms with Gasteiger partial charge < -0.3 is 4.74 Å². The minimum absolute atomic E-state index is 0.140. The molecular formula is C12H18N2O2. The number of nitrogens with one attached hydrogen (secondary N) is 1. The van der Waals surface area contributed by atoms with Crippen molar-refractivity contribution in [2.75, 3.05) is 21.2 Å². The fourth-order valence-electron chi connectivity index (χ4n) is 1.56. The van der Waals surface area contributed by atoms with Crippen LogP contribution in [0.3, 0.4) is 0 Å². The van der Waals surface area contributed by atoms with Gasteiger partial charge in [0.1, 0.15) is 5.75 Å². The van der Waals surface area contributed by atoms with Crippen LogP contribution in [0, 0.1) is 0 Å². The minimum Gasteiger partial charge on any atom is -0.496 e. The molecular weight excluding hydrogens is 204 g/mol. The van der Waals surface area contributed by atoms with Crippen molar-refractivity contribution >= 4 is 5.91 Å². The van der Waals surface area contributed by atoms with E-state index in [9.17, 15) is 4.79 Å². The standard InChI is InChI=1S/C12H18N2O2/c1-5-9-7-6-8-10(16-4)11(9)12(15)13-14(2)3/h6-8H,5H2,1-4H3,(H,13,15). The highest BCUT2D eigenvalue weighted by molar-refractivity contribution is 5.98. The van der Waals surface area contributed by atoms with E-state index >= 15 is 0 Å². The van der Waals surface area contributed by atoms with Crippen molar-refractivity contribution in [3.8, 4) is 5.75 Å². The predicted molar refractivity (Wildman–Crippen MR) is 63.5 cm³/mol. The molecule has 0 aromatic heterocycles. The van der Waals surface area contributed by atoms with E-state index in [0.717, 1.165) is 12.0 Å². The molecule has 1 amide bonds. The number of aryl methyl sites for hydroxylation is 1. The number of amides is 1. The first kappa shape index (κ1) is 12.5. The Hall–Kier alpha value is -1.55. The Kier molecular flexibility index (Phi) is 4.31. The van der Waals surface area contributed by atoms with Crippen LogP contribution in [-0.4, -0.2) is 32.1 Å². The van der Waals surface area contributed by atoms with Gasteiger partial charge in [-0.05, 0) is 18.1 Å². The Labute approximate surface area is 96.2 Å². The average Bonchev–Trinajstić information content (AvgIpc) is 2.26. The Bertz CT molecular complexity index is 353. The minimum atomic E-state index is -0.140. The van der Waals surface area contributed by atoms with Gasteiger partial charge in [-0.1, -0.05) is 19.1 Å². The van der Waals surface area contributed by atoms with Gasteiger partial charge in [0, 0.05) is 14.1 Å². The first-order chi connectivity index (χ1) is 7.60. The van der Waals surface area contributed by atoms with Gasteiger partial charge in [0.15, 0.2) is 0 Å². The molecule has 4 nitrogen and oxygen atoms in total. The smallest absolute Gasteiger partial charge is 0.269 e. The second-order valence-electron chi connectivity index (χ2n) is 3.68. The Morgan fingerprint density at radius 3 is 2.62 bits per heavy atom. The van der Waals surface area contributed by atoms with E-state index in [-0.39, 0.29) is 5.91 Å². The van der Waals surface area contributed by atoms with Crippen LogP contribution in [-0.2, 0) is 6.42 Å². The van der Waals surface area contributed by atoms with E-state index in [2.05, 4.69) is 5.43 Å². The molecule has 1 aromatic carbocycles. The highest BCUT2D eigenvalue weighted by Gasteiger charge is 2.16. The molecule has 0 saturated heterocycles. The predicted octanol–water partition coefficient (Wildman–Crippen LogP) is 1.46. The van der Waals surface area contributed by atoms with Crippen molar-refractivity contribution < 1.29 is 9.53 Å². The molecule has 1 N–H and O–H groups in total. The summed E-state index contributed by atoms with van der Waals surface area (Å²) in [7, 11) is 5.12. The number of hydrazine groups is 1. The third-order valence-corrected chi connectivity index (χ3v) is 2.27. The highest BCUT2D eigenvalue weighted by atomic mass is 16.5. The largest absolute Gasteiger partial charge is 0.496 e. The van der Waals surface area contributed by atoms with Gasteiger partial charge >= 0.3 is 0 Å². The van der Waals surface area contributed by atoms with Crippen molar-refractivity contribution in [2.24, 2.45) is 0 Å². The van der Waals surface area contributed by atoms with Crippen LogP contribution in [0.15, 0.2) is 18.2 Å². The summed E-state index contributed by atoms with van der Waals surface area (Å²) >= 11 is 0. The zero-order valence-electron chi connectivity index (χ0n) is 10.2. The van der Waals surface area contributed by atoms with Crippen molar-refractivity contribution in [3.63, 3.8) is 0 Å². The number of carbonyl (C=O) groups is 1. The Morgan fingerprint density at radius 1 is 1.44 bits per heavy atom. The molecule has 0 saturated carbocycles. The average molecular weight is 222 g/mol. The topological polar surface area (TPSA) is 41.6 Å². The number of rotatable bonds is 4. The number of benzene rings is 1. The second kappa shape index (κ2) is 5.51. The molecule has 0 aliphatic heterocycles. The number of hydrogen-bond acceptors (Lipinski definition) is 3. The van der Waals surface area contributed by atoms with Gasteiger partial charge in [-0.2, -0.15) is 0 Å². The molecule has 0 aliphatic rings. The molecule has 0 radical (unpaired) electrons. The van der Waals surface area contributed by atoms with Crippen molar-refractivity contribution in [1.29, 1.82) is 0 Å². The lowest BCUT2D eigenvalue weighted by atomic mass is 10.0. The first-order valence-electron chi connectivity index (χ1n) is 5.24. The summed E-state index contributed by atoms with van der Waals surface area (Å²) in [5.41, 5.74) is 4.32. The normalized spacial score (nSPS) is 10.3. The fraction of sp³-hybridized carbons (Fsp3) is 0.417. The van der Waals surface area contributed by atoms with Crippen molar-refractivity contribution in [3.05, 3.63) is 29.3 Å². The quantitative estimate of drug-likeness (QED) is 0.784. The van der Waals surface area contributed by atoms with E-state index < -0.39 is 0 Å². The number of hydrogen-bond donors (Lipinski definition) is 1. The van der Waals surface area contributed by atoms with Crippen molar-refractivity contribution in [2.45, 2.75) is 13.3 Å². The van der Waals surface area contributed by atoms with Gasteiger partial charge in [-0.25, -0.2) is 5.01 Å². The summed E-state index contributed by atoms with van der Waals surface area (Å²) in [5.74, 6) is 0.470. The molecule has 0 unspecified atom stereocenters. The summed E-state index contributed by atoms with van der Waals surface area (Å²) in [5, 5.41) is 1.62. The van der Waals surface area contributed by atoms with Crippen LogP contribution < -0.4 is 10.2 Å². The molecule has 16 heavy (non-hydrogen) atoms. The molecule has 0 spiro atoms. The summed E-state index contributed by atoms with van der Waals surface area (Å²) < 4.78 is 5.21. The lowest BCUT2D eigenvalue weighted by Gasteiger charge is -2.16. The number of ether oxygens (including phenoxy) is 1. The molecule has 1 aromatic rings. The number of carbonyl (C=O) groups excluding carboxylic acids is 1. The van der Waals surface area contributed by atoms with Crippen LogP contribution in [0.25, 0.3) is 0 Å². The monoisotopic (exact) mass is 222 g/mol. The van der Waals surface area contributed by atoms with Gasteiger partial charge in [0.25, 0.3) is 5.91 Å². The Morgan fingerprint density at radius 2 is 2.12 bits per heavy atom. The van der Waals surface area contributed by atoms with E-state index in [1.54, 1.807) is 32.3 Å². The molecule has 0 aliphatic carbocycles. The zero-order valence-corrected chi connectivity index (χ0v) is 10.2. The Balaban J connectivity index is 3.12. The second-order valence-corrected chi connectivity index (χ2v) is 3.68. The summed E-state index contributed by atoms with van der Waals surface area (Å²) in [4.78, 5) is 12.0. The maximum Gasteiger partial charge on any atom is 0.269 e. The van der Waals surface area contributed by atoms with Gasteiger partial charge in [0.2, 0.25) is 0 Å². The molecule has 0 atom stereocenters. The van der Waals surface area contributed by atoms with E-state index in [4.69, 9.17) is 4.74 Å². The van der Waals surface area contributed by atoms with Gasteiger partial charge in [0.05, 0.1) is 12.7 Å². The summed E-state index contributed by atoms with van der Waals surface area (Å²) in [6.45, 7) is 2.02. The molecule has 0 bridgehead atoms. The molecule has 0 fully saturated rings. The maximum absolute atomic E-state index is 12.0. The summed E-state index contributed by atoms with van der Waals surface area (Å²) in [6, 6.07) is 5.63. The van der Waals surface area contributed by atoms with Gasteiger partial charge in [-0.3, -0.25) is 10.2 Å². The molecule has 88 valence electrons. The van der Waals surface area contributed by atoms with Crippen LogP contribution >= 0.6 is 0 Å². The van der Waals surface area contributed by atoms with Crippen LogP contribution in [0.1, 0.15) is 22.8 Å². The molecule has 4 heteroatoms. The third-order valence-electron chi connectivity index (χ3n) is 2.27. The van der Waals surface area contributed by atoms with E-state index in [1.165, 1.54) is 0 Å². The maximum atomic E-state index is 12.0. The first-order valence-corrected chi connectivity index (χ1v) is 5.24. The molecule has 1 rings (SSSR count). The lowest BCUT2D eigenvalue weighted by molar-refractivity contribution is 0.0852. The van der Waals surface area contributed by atoms with Crippen LogP contribution in [0.2, 0.25) is 0 Å². The van der Waals surface area contributed by atoms with E-state index in [0.29, 0.717) is 11.3 Å². The zero-order chi connectivity index (χ0) is 12.1. The van der Waals surface area contributed by atoms with Crippen LogP contribution in [0.5, 0.6) is 5.75 Å². The van der Waals surface area contributed by atoms with Crippen LogP contribution in [0.4, 0.5) is 0 Å². The lowest BCUT2D eigenvalue weighted by Crippen LogP contribution is -2.36. The number of methoxy groups -OCH3 is 1. The number of nitrogens with zero attached hydrogens (tertiary/aromatic N) is 1.